The molecule has 2 aromatic rings. The van der Waals surface area contributed by atoms with Gasteiger partial charge in [0.15, 0.2) is 0 Å². The third kappa shape index (κ3) is 2.17. The topological polar surface area (TPSA) is 36.7 Å². The molecule has 4 rings (SSSR count). The molecule has 3 heteroatoms. The molecule has 0 N–H and O–H groups in total. The van der Waals surface area contributed by atoms with E-state index >= 15 is 0 Å². The van der Waals surface area contributed by atoms with Crippen LogP contribution in [0.1, 0.15) is 55.2 Å². The normalized spacial score (nSPS) is 23.9. The SMILES string of the molecule is CC1(C2CCc3nc4sc(C#N)cc4cc3C2)CCCC1. The molecule has 2 aliphatic carbocycles. The third-order valence-corrected chi connectivity index (χ3v) is 6.66. The van der Waals surface area contributed by atoms with Gasteiger partial charge in [-0.15, -0.1) is 11.3 Å². The molecule has 21 heavy (non-hydrogen) atoms. The number of thiophene rings is 1. The molecule has 2 nitrogen and oxygen atoms in total. The van der Waals surface area contributed by atoms with Gasteiger partial charge in [0.05, 0.1) is 0 Å². The summed E-state index contributed by atoms with van der Waals surface area (Å²) in [5.74, 6) is 0.820. The monoisotopic (exact) mass is 296 g/mol. The van der Waals surface area contributed by atoms with Crippen molar-refractivity contribution in [1.29, 1.82) is 5.26 Å². The highest BCUT2D eigenvalue weighted by Gasteiger charge is 2.38. The third-order valence-electron chi connectivity index (χ3n) is 5.71. The number of aryl methyl sites for hydroxylation is 1. The summed E-state index contributed by atoms with van der Waals surface area (Å²) in [6.07, 6.45) is 9.22. The average Bonchev–Trinajstić information content (AvgIpc) is 3.10. The van der Waals surface area contributed by atoms with Crippen LogP contribution in [0.4, 0.5) is 0 Å². The van der Waals surface area contributed by atoms with Crippen LogP contribution in [-0.4, -0.2) is 4.98 Å². The van der Waals surface area contributed by atoms with Gasteiger partial charge in [-0.3, -0.25) is 0 Å². The van der Waals surface area contributed by atoms with E-state index in [1.807, 2.05) is 6.07 Å². The zero-order valence-electron chi connectivity index (χ0n) is 12.5. The average molecular weight is 296 g/mol. The van der Waals surface area contributed by atoms with Gasteiger partial charge < -0.3 is 0 Å². The number of nitriles is 1. The minimum absolute atomic E-state index is 0.555. The summed E-state index contributed by atoms with van der Waals surface area (Å²) < 4.78 is 0. The van der Waals surface area contributed by atoms with E-state index < -0.39 is 0 Å². The minimum atomic E-state index is 0.555. The Hall–Kier alpha value is -1.40. The predicted octanol–water partition coefficient (Wildman–Crippen LogP) is 4.85. The van der Waals surface area contributed by atoms with Crippen molar-refractivity contribution in [3.8, 4) is 6.07 Å². The van der Waals surface area contributed by atoms with Crippen molar-refractivity contribution in [1.82, 2.24) is 4.98 Å². The summed E-state index contributed by atoms with van der Waals surface area (Å²) in [5, 5.41) is 10.2. The molecule has 0 saturated heterocycles. The molecular weight excluding hydrogens is 276 g/mol. The van der Waals surface area contributed by atoms with Crippen molar-refractivity contribution in [3.63, 3.8) is 0 Å². The fraction of sp³-hybridized carbons (Fsp3) is 0.556. The molecule has 108 valence electrons. The first-order valence-electron chi connectivity index (χ1n) is 8.00. The molecule has 1 saturated carbocycles. The lowest BCUT2D eigenvalue weighted by atomic mass is 9.68. The van der Waals surface area contributed by atoms with Crippen LogP contribution in [0.3, 0.4) is 0 Å². The Balaban J connectivity index is 1.70. The molecule has 1 unspecified atom stereocenters. The molecule has 2 aliphatic rings. The molecule has 0 bridgehead atoms. The van der Waals surface area contributed by atoms with E-state index in [2.05, 4.69) is 19.1 Å². The Labute approximate surface area is 129 Å². The van der Waals surface area contributed by atoms with Gasteiger partial charge in [-0.2, -0.15) is 5.26 Å². The Bertz CT molecular complexity index is 731. The van der Waals surface area contributed by atoms with Crippen LogP contribution >= 0.6 is 11.3 Å². The first kappa shape index (κ1) is 13.3. The standard InChI is InChI=1S/C18H20N2S/c1-18(6-2-3-7-18)14-4-5-16-12(9-14)8-13-10-15(11-19)21-17(13)20-16/h8,10,14H,2-7,9H2,1H3. The maximum Gasteiger partial charge on any atom is 0.124 e. The zero-order valence-corrected chi connectivity index (χ0v) is 13.3. The summed E-state index contributed by atoms with van der Waals surface area (Å²) in [6, 6.07) is 6.54. The van der Waals surface area contributed by atoms with Crippen molar-refractivity contribution in [3.05, 3.63) is 28.3 Å². The van der Waals surface area contributed by atoms with Crippen LogP contribution in [0, 0.1) is 22.7 Å². The molecule has 0 spiro atoms. The molecule has 0 amide bonds. The largest absolute Gasteiger partial charge is 0.242 e. The number of fused-ring (bicyclic) bond motifs is 2. The highest BCUT2D eigenvalue weighted by molar-refractivity contribution is 7.19. The number of aromatic nitrogens is 1. The van der Waals surface area contributed by atoms with Crippen molar-refractivity contribution in [2.75, 3.05) is 0 Å². The van der Waals surface area contributed by atoms with Crippen LogP contribution in [0.15, 0.2) is 12.1 Å². The molecule has 1 atom stereocenters. The van der Waals surface area contributed by atoms with Crippen molar-refractivity contribution in [2.24, 2.45) is 11.3 Å². The van der Waals surface area contributed by atoms with Gasteiger partial charge in [-0.25, -0.2) is 4.98 Å². The van der Waals surface area contributed by atoms with Crippen LogP contribution in [0.2, 0.25) is 0 Å². The van der Waals surface area contributed by atoms with Crippen LogP contribution in [0.5, 0.6) is 0 Å². The summed E-state index contributed by atoms with van der Waals surface area (Å²) >= 11 is 1.52. The van der Waals surface area contributed by atoms with Gasteiger partial charge in [-0.05, 0) is 61.1 Å². The molecular formula is C18H20N2S. The van der Waals surface area contributed by atoms with E-state index in [9.17, 15) is 0 Å². The number of pyridine rings is 1. The highest BCUT2D eigenvalue weighted by Crippen LogP contribution is 2.48. The fourth-order valence-corrected chi connectivity index (χ4v) is 5.20. The molecule has 2 aromatic heterocycles. The van der Waals surface area contributed by atoms with E-state index in [-0.39, 0.29) is 0 Å². The maximum atomic E-state index is 9.06. The summed E-state index contributed by atoms with van der Waals surface area (Å²) in [5.41, 5.74) is 3.28. The minimum Gasteiger partial charge on any atom is -0.242 e. The molecule has 0 aromatic carbocycles. The lowest BCUT2D eigenvalue weighted by Crippen LogP contribution is -2.30. The summed E-state index contributed by atoms with van der Waals surface area (Å²) in [7, 11) is 0. The summed E-state index contributed by atoms with van der Waals surface area (Å²) in [6.45, 7) is 2.50. The smallest absolute Gasteiger partial charge is 0.124 e. The maximum absolute atomic E-state index is 9.06. The Morgan fingerprint density at radius 1 is 1.33 bits per heavy atom. The van der Waals surface area contributed by atoms with E-state index in [1.165, 1.54) is 61.1 Å². The summed E-state index contributed by atoms with van der Waals surface area (Å²) in [4.78, 5) is 6.65. The Morgan fingerprint density at radius 3 is 2.90 bits per heavy atom. The fourth-order valence-electron chi connectivity index (χ4n) is 4.36. The molecule has 0 radical (unpaired) electrons. The van der Waals surface area contributed by atoms with Crippen molar-refractivity contribution in [2.45, 2.75) is 51.9 Å². The van der Waals surface area contributed by atoms with Gasteiger partial charge in [0.25, 0.3) is 0 Å². The second-order valence-electron chi connectivity index (χ2n) is 7.01. The van der Waals surface area contributed by atoms with Gasteiger partial charge in [0.1, 0.15) is 15.8 Å². The Kier molecular flexibility index (Phi) is 3.04. The molecule has 2 heterocycles. The number of hydrogen-bond acceptors (Lipinski definition) is 3. The van der Waals surface area contributed by atoms with Crippen LogP contribution in [0.25, 0.3) is 10.2 Å². The van der Waals surface area contributed by atoms with Crippen LogP contribution < -0.4 is 0 Å². The Morgan fingerprint density at radius 2 is 2.14 bits per heavy atom. The van der Waals surface area contributed by atoms with E-state index in [0.29, 0.717) is 5.41 Å². The van der Waals surface area contributed by atoms with Gasteiger partial charge >= 0.3 is 0 Å². The lowest BCUT2D eigenvalue weighted by molar-refractivity contribution is 0.172. The predicted molar refractivity (Wildman–Crippen MR) is 86.4 cm³/mol. The van der Waals surface area contributed by atoms with Gasteiger partial charge in [-0.1, -0.05) is 19.8 Å². The van der Waals surface area contributed by atoms with Crippen molar-refractivity contribution >= 4 is 21.6 Å². The molecule has 0 aliphatic heterocycles. The van der Waals surface area contributed by atoms with E-state index in [4.69, 9.17) is 10.2 Å². The first-order valence-corrected chi connectivity index (χ1v) is 8.82. The first-order chi connectivity index (χ1) is 10.2. The van der Waals surface area contributed by atoms with E-state index in [0.717, 1.165) is 27.4 Å². The number of rotatable bonds is 1. The number of nitrogens with zero attached hydrogens (tertiary/aromatic N) is 2. The van der Waals surface area contributed by atoms with E-state index in [1.54, 1.807) is 0 Å². The van der Waals surface area contributed by atoms with Gasteiger partial charge in [0.2, 0.25) is 0 Å². The zero-order chi connectivity index (χ0) is 14.4. The highest BCUT2D eigenvalue weighted by atomic mass is 32.1. The second kappa shape index (κ2) is 4.81. The van der Waals surface area contributed by atoms with Crippen molar-refractivity contribution < 1.29 is 0 Å². The lowest BCUT2D eigenvalue weighted by Gasteiger charge is -2.37. The van der Waals surface area contributed by atoms with Crippen LogP contribution in [-0.2, 0) is 12.8 Å². The second-order valence-corrected chi connectivity index (χ2v) is 8.04. The number of hydrogen-bond donors (Lipinski definition) is 0. The molecule has 1 fully saturated rings. The van der Waals surface area contributed by atoms with Gasteiger partial charge in [0, 0.05) is 11.1 Å². The quantitative estimate of drug-likeness (QED) is 0.754.